The number of carbonyl (C=O) groups is 1. The average molecular weight is 336 g/mol. The smallest absolute Gasteiger partial charge is 0.256 e. The molecular formula is C19H20N4O2. The lowest BCUT2D eigenvalue weighted by Gasteiger charge is -2.32. The number of para-hydroxylation sites is 1. The first-order chi connectivity index (χ1) is 12.3. The van der Waals surface area contributed by atoms with Gasteiger partial charge < -0.3 is 14.2 Å². The number of fused-ring (bicyclic) bond motifs is 1. The second kappa shape index (κ2) is 6.64. The number of hydrogen-bond donors (Lipinski definition) is 0. The highest BCUT2D eigenvalue weighted by Crippen LogP contribution is 2.26. The maximum atomic E-state index is 13.1. The molecule has 1 saturated heterocycles. The minimum Gasteiger partial charge on any atom is -0.368 e. The molecule has 1 amide bonds. The molecule has 1 aliphatic rings. The second-order valence-electron chi connectivity index (χ2n) is 6.09. The summed E-state index contributed by atoms with van der Waals surface area (Å²) in [5, 5.41) is 0.997. The van der Waals surface area contributed by atoms with Crippen molar-refractivity contribution in [1.82, 2.24) is 19.4 Å². The Kier molecular flexibility index (Phi) is 4.19. The van der Waals surface area contributed by atoms with Crippen molar-refractivity contribution in [3.63, 3.8) is 0 Å². The summed E-state index contributed by atoms with van der Waals surface area (Å²) in [5.74, 6) is 0.0422. The van der Waals surface area contributed by atoms with E-state index in [1.54, 1.807) is 18.6 Å². The van der Waals surface area contributed by atoms with Gasteiger partial charge in [0.25, 0.3) is 5.91 Å². The lowest BCUT2D eigenvalue weighted by Crippen LogP contribution is -2.42. The van der Waals surface area contributed by atoms with Gasteiger partial charge in [-0.15, -0.1) is 0 Å². The number of nitrogens with zero attached hydrogens (tertiary/aromatic N) is 4. The molecule has 0 spiro atoms. The van der Waals surface area contributed by atoms with Gasteiger partial charge in [0.2, 0.25) is 0 Å². The van der Waals surface area contributed by atoms with Crippen molar-refractivity contribution >= 4 is 16.8 Å². The van der Waals surface area contributed by atoms with Crippen molar-refractivity contribution in [3.8, 4) is 0 Å². The van der Waals surface area contributed by atoms with Crippen LogP contribution in [0.15, 0.2) is 49.1 Å². The molecule has 1 aliphatic heterocycles. The van der Waals surface area contributed by atoms with Gasteiger partial charge in [0.05, 0.1) is 30.6 Å². The van der Waals surface area contributed by atoms with E-state index in [2.05, 4.69) is 27.5 Å². The predicted molar refractivity (Wildman–Crippen MR) is 94.2 cm³/mol. The highest BCUT2D eigenvalue weighted by molar-refractivity contribution is 6.07. The Bertz CT molecular complexity index is 891. The summed E-state index contributed by atoms with van der Waals surface area (Å²) in [6.07, 6.45) is 6.70. The van der Waals surface area contributed by atoms with Crippen LogP contribution in [0.3, 0.4) is 0 Å². The quantitative estimate of drug-likeness (QED) is 0.738. The second-order valence-corrected chi connectivity index (χ2v) is 6.09. The van der Waals surface area contributed by atoms with Crippen LogP contribution < -0.4 is 0 Å². The standard InChI is InChI=1S/C19H20N4O2/c1-2-22-12-15(14-5-3-4-6-17(14)22)19(24)23-9-10-25-18(13-23)16-11-20-7-8-21-16/h3-8,11-12,18H,2,9-10,13H2,1H3. The van der Waals surface area contributed by atoms with Crippen LogP contribution in [0, 0.1) is 0 Å². The predicted octanol–water partition coefficient (Wildman–Crippen LogP) is 2.66. The molecule has 3 aromatic rings. The van der Waals surface area contributed by atoms with Crippen LogP contribution in [-0.4, -0.2) is 45.0 Å². The molecule has 1 fully saturated rings. The Balaban J connectivity index is 1.63. The highest BCUT2D eigenvalue weighted by Gasteiger charge is 2.28. The van der Waals surface area contributed by atoms with E-state index in [1.165, 1.54) is 0 Å². The number of carbonyl (C=O) groups excluding carboxylic acids is 1. The molecule has 1 atom stereocenters. The third-order valence-corrected chi connectivity index (χ3v) is 4.63. The van der Waals surface area contributed by atoms with E-state index in [4.69, 9.17) is 4.74 Å². The number of amides is 1. The van der Waals surface area contributed by atoms with E-state index in [9.17, 15) is 4.79 Å². The molecule has 25 heavy (non-hydrogen) atoms. The molecule has 3 heterocycles. The summed E-state index contributed by atoms with van der Waals surface area (Å²) >= 11 is 0. The molecular weight excluding hydrogens is 316 g/mol. The van der Waals surface area contributed by atoms with E-state index < -0.39 is 0 Å². The van der Waals surface area contributed by atoms with Crippen LogP contribution in [0.25, 0.3) is 10.9 Å². The zero-order chi connectivity index (χ0) is 17.2. The zero-order valence-corrected chi connectivity index (χ0v) is 14.1. The normalized spacial score (nSPS) is 17.8. The Labute approximate surface area is 146 Å². The van der Waals surface area contributed by atoms with Gasteiger partial charge in [0, 0.05) is 42.6 Å². The lowest BCUT2D eigenvalue weighted by atomic mass is 10.1. The molecule has 0 bridgehead atoms. The third kappa shape index (κ3) is 2.89. The summed E-state index contributed by atoms with van der Waals surface area (Å²) in [4.78, 5) is 23.4. The van der Waals surface area contributed by atoms with Crippen LogP contribution in [0.1, 0.15) is 29.1 Å². The molecule has 0 aliphatic carbocycles. The Morgan fingerprint density at radius 1 is 1.32 bits per heavy atom. The summed E-state index contributed by atoms with van der Waals surface area (Å²) in [5.41, 5.74) is 2.60. The van der Waals surface area contributed by atoms with Crippen molar-refractivity contribution in [2.75, 3.05) is 19.7 Å². The number of aryl methyl sites for hydroxylation is 1. The van der Waals surface area contributed by atoms with Crippen LogP contribution in [-0.2, 0) is 11.3 Å². The molecule has 128 valence electrons. The molecule has 2 aromatic heterocycles. The van der Waals surface area contributed by atoms with E-state index in [0.29, 0.717) is 19.7 Å². The van der Waals surface area contributed by atoms with E-state index >= 15 is 0 Å². The minimum atomic E-state index is -0.231. The molecule has 4 rings (SSSR count). The van der Waals surface area contributed by atoms with Crippen LogP contribution in [0.4, 0.5) is 0 Å². The molecule has 0 N–H and O–H groups in total. The van der Waals surface area contributed by atoms with Gasteiger partial charge >= 0.3 is 0 Å². The summed E-state index contributed by atoms with van der Waals surface area (Å²) < 4.78 is 7.91. The molecule has 6 nitrogen and oxygen atoms in total. The Morgan fingerprint density at radius 3 is 3.00 bits per heavy atom. The Hall–Kier alpha value is -2.73. The van der Waals surface area contributed by atoms with Crippen molar-refractivity contribution in [2.24, 2.45) is 0 Å². The molecule has 1 unspecified atom stereocenters. The minimum absolute atomic E-state index is 0.0422. The summed E-state index contributed by atoms with van der Waals surface area (Å²) in [6, 6.07) is 8.04. The third-order valence-electron chi connectivity index (χ3n) is 4.63. The fraction of sp³-hybridized carbons (Fsp3) is 0.316. The van der Waals surface area contributed by atoms with Crippen molar-refractivity contribution < 1.29 is 9.53 Å². The molecule has 0 saturated carbocycles. The van der Waals surface area contributed by atoms with Gasteiger partial charge in [0.1, 0.15) is 6.10 Å². The molecule has 0 radical (unpaired) electrons. The molecule has 6 heteroatoms. The monoisotopic (exact) mass is 336 g/mol. The number of benzene rings is 1. The van der Waals surface area contributed by atoms with Gasteiger partial charge in [-0.3, -0.25) is 14.8 Å². The number of rotatable bonds is 3. The first-order valence-electron chi connectivity index (χ1n) is 8.52. The van der Waals surface area contributed by atoms with Crippen molar-refractivity contribution in [2.45, 2.75) is 19.6 Å². The van der Waals surface area contributed by atoms with Crippen molar-refractivity contribution in [1.29, 1.82) is 0 Å². The van der Waals surface area contributed by atoms with Crippen LogP contribution >= 0.6 is 0 Å². The number of hydrogen-bond acceptors (Lipinski definition) is 4. The van der Waals surface area contributed by atoms with E-state index in [-0.39, 0.29) is 12.0 Å². The number of morpholine rings is 1. The average Bonchev–Trinajstić information content (AvgIpc) is 3.07. The zero-order valence-electron chi connectivity index (χ0n) is 14.1. The topological polar surface area (TPSA) is 60.2 Å². The largest absolute Gasteiger partial charge is 0.368 e. The maximum Gasteiger partial charge on any atom is 0.256 e. The molecule has 1 aromatic carbocycles. The maximum absolute atomic E-state index is 13.1. The summed E-state index contributed by atoms with van der Waals surface area (Å²) in [7, 11) is 0. The first-order valence-corrected chi connectivity index (χ1v) is 8.52. The van der Waals surface area contributed by atoms with Gasteiger partial charge in [-0.2, -0.15) is 0 Å². The van der Waals surface area contributed by atoms with E-state index in [1.807, 2.05) is 29.3 Å². The lowest BCUT2D eigenvalue weighted by molar-refractivity contribution is -0.0248. The van der Waals surface area contributed by atoms with Gasteiger partial charge in [0.15, 0.2) is 0 Å². The number of ether oxygens (including phenoxy) is 1. The first kappa shape index (κ1) is 15.8. The van der Waals surface area contributed by atoms with Gasteiger partial charge in [-0.1, -0.05) is 18.2 Å². The number of aromatic nitrogens is 3. The SMILES string of the molecule is CCn1cc(C(=O)N2CCOC(c3cnccn3)C2)c2ccccc21. The van der Waals surface area contributed by atoms with Crippen LogP contribution in [0.2, 0.25) is 0 Å². The fourth-order valence-corrected chi connectivity index (χ4v) is 3.34. The fourth-order valence-electron chi connectivity index (χ4n) is 3.34. The van der Waals surface area contributed by atoms with Gasteiger partial charge in [-0.25, -0.2) is 0 Å². The van der Waals surface area contributed by atoms with Gasteiger partial charge in [-0.05, 0) is 13.0 Å². The van der Waals surface area contributed by atoms with E-state index in [0.717, 1.165) is 28.7 Å². The summed E-state index contributed by atoms with van der Waals surface area (Å²) in [6.45, 7) is 4.49. The van der Waals surface area contributed by atoms with Crippen molar-refractivity contribution in [3.05, 3.63) is 60.3 Å². The van der Waals surface area contributed by atoms with Crippen LogP contribution in [0.5, 0.6) is 0 Å². The Morgan fingerprint density at radius 2 is 2.20 bits per heavy atom. The highest BCUT2D eigenvalue weighted by atomic mass is 16.5.